The number of Topliss-reactive ketones (excluding diaryl/α,β-unsaturated/α-hetero) is 1. The van der Waals surface area contributed by atoms with Crippen LogP contribution in [-0.4, -0.2) is 17.7 Å². The number of benzene rings is 1. The zero-order valence-corrected chi connectivity index (χ0v) is 11.8. The molecule has 0 radical (unpaired) electrons. The van der Waals surface area contributed by atoms with Gasteiger partial charge in [-0.25, -0.2) is 9.69 Å². The van der Waals surface area contributed by atoms with Crippen LogP contribution in [0.2, 0.25) is 0 Å². The van der Waals surface area contributed by atoms with Crippen molar-refractivity contribution in [2.45, 2.75) is 25.9 Å². The number of carbonyl (C=O) groups excluding carboxylic acids is 3. The normalized spacial score (nSPS) is 17.8. The van der Waals surface area contributed by atoms with Crippen LogP contribution in [-0.2, 0) is 15.8 Å². The van der Waals surface area contributed by atoms with Crippen LogP contribution < -0.4 is 10.6 Å². The lowest BCUT2D eigenvalue weighted by atomic mass is 9.89. The summed E-state index contributed by atoms with van der Waals surface area (Å²) in [4.78, 5) is 36.2. The van der Waals surface area contributed by atoms with Crippen LogP contribution in [0.15, 0.2) is 18.2 Å². The molecule has 2 N–H and O–H groups in total. The van der Waals surface area contributed by atoms with E-state index in [-0.39, 0.29) is 11.3 Å². The molecule has 1 aliphatic rings. The molecule has 118 valence electrons. The van der Waals surface area contributed by atoms with E-state index >= 15 is 0 Å². The number of nitrogens with zero attached hydrogens (tertiary/aromatic N) is 1. The predicted octanol–water partition coefficient (Wildman–Crippen LogP) is 2.44. The first-order valence-corrected chi connectivity index (χ1v) is 6.44. The van der Waals surface area contributed by atoms with E-state index in [2.05, 4.69) is 0 Å². The molecule has 0 bridgehead atoms. The molecule has 0 saturated carbocycles. The SMILES string of the molecule is CC(C)C(=O)C1C(=O)N(C(N)=O)c2cc(C(F)(F)F)ccc21. The van der Waals surface area contributed by atoms with Gasteiger partial charge in [0.1, 0.15) is 5.92 Å². The lowest BCUT2D eigenvalue weighted by Gasteiger charge is -2.14. The second-order valence-electron chi connectivity index (χ2n) is 5.27. The van der Waals surface area contributed by atoms with E-state index in [0.29, 0.717) is 11.0 Å². The number of carbonyl (C=O) groups is 3. The van der Waals surface area contributed by atoms with Gasteiger partial charge in [-0.3, -0.25) is 9.59 Å². The molecule has 0 spiro atoms. The minimum absolute atomic E-state index is 0.0653. The van der Waals surface area contributed by atoms with Gasteiger partial charge in [-0.2, -0.15) is 13.2 Å². The molecule has 3 amide bonds. The second-order valence-corrected chi connectivity index (χ2v) is 5.27. The van der Waals surface area contributed by atoms with Crippen molar-refractivity contribution < 1.29 is 27.6 Å². The van der Waals surface area contributed by atoms with E-state index in [1.54, 1.807) is 13.8 Å². The van der Waals surface area contributed by atoms with Gasteiger partial charge >= 0.3 is 12.2 Å². The maximum Gasteiger partial charge on any atom is 0.416 e. The minimum Gasteiger partial charge on any atom is -0.351 e. The molecule has 1 aliphatic heterocycles. The van der Waals surface area contributed by atoms with E-state index in [1.807, 2.05) is 0 Å². The van der Waals surface area contributed by atoms with Crippen LogP contribution in [0.1, 0.15) is 30.9 Å². The number of imide groups is 1. The first kappa shape index (κ1) is 16.0. The topological polar surface area (TPSA) is 80.5 Å². The largest absolute Gasteiger partial charge is 0.416 e. The van der Waals surface area contributed by atoms with Crippen molar-refractivity contribution in [1.29, 1.82) is 0 Å². The summed E-state index contributed by atoms with van der Waals surface area (Å²) in [5, 5.41) is 0. The van der Waals surface area contributed by atoms with Crippen LogP contribution in [0.3, 0.4) is 0 Å². The molecule has 1 atom stereocenters. The average Bonchev–Trinajstić information content (AvgIpc) is 2.67. The van der Waals surface area contributed by atoms with Gasteiger partial charge in [0, 0.05) is 5.92 Å². The highest BCUT2D eigenvalue weighted by Gasteiger charge is 2.45. The summed E-state index contributed by atoms with van der Waals surface area (Å²) in [6, 6.07) is 1.26. The first-order valence-electron chi connectivity index (χ1n) is 6.44. The van der Waals surface area contributed by atoms with E-state index in [9.17, 15) is 27.6 Å². The number of fused-ring (bicyclic) bond motifs is 1. The number of hydrogen-bond donors (Lipinski definition) is 1. The Labute approximate surface area is 123 Å². The highest BCUT2D eigenvalue weighted by atomic mass is 19.4. The number of ketones is 1. The third-order valence-electron chi connectivity index (χ3n) is 3.45. The number of urea groups is 1. The van der Waals surface area contributed by atoms with Crippen molar-refractivity contribution >= 4 is 23.4 Å². The summed E-state index contributed by atoms with van der Waals surface area (Å²) in [7, 11) is 0. The van der Waals surface area contributed by atoms with Crippen molar-refractivity contribution in [3.05, 3.63) is 29.3 Å². The zero-order chi connectivity index (χ0) is 16.8. The molecule has 1 aromatic carbocycles. The fourth-order valence-electron chi connectivity index (χ4n) is 2.37. The van der Waals surface area contributed by atoms with E-state index in [1.165, 1.54) is 0 Å². The molecule has 0 aromatic heterocycles. The van der Waals surface area contributed by atoms with Gasteiger partial charge in [-0.1, -0.05) is 19.9 Å². The molecule has 22 heavy (non-hydrogen) atoms. The molecule has 2 rings (SSSR count). The fourth-order valence-corrected chi connectivity index (χ4v) is 2.37. The monoisotopic (exact) mass is 314 g/mol. The number of hydrogen-bond acceptors (Lipinski definition) is 3. The molecule has 1 unspecified atom stereocenters. The lowest BCUT2D eigenvalue weighted by Crippen LogP contribution is -2.40. The Bertz CT molecular complexity index is 668. The minimum atomic E-state index is -4.64. The molecule has 5 nitrogen and oxygen atoms in total. The zero-order valence-electron chi connectivity index (χ0n) is 11.8. The Morgan fingerprint density at radius 2 is 1.86 bits per heavy atom. The standard InChI is InChI=1S/C14H13F3N2O3/c1-6(2)11(20)10-8-4-3-7(14(15,16)17)5-9(8)19(12(10)21)13(18)22/h3-6,10H,1-2H3,(H2,18,22). The third-order valence-corrected chi connectivity index (χ3v) is 3.45. The van der Waals surface area contributed by atoms with Crippen molar-refractivity contribution in [2.75, 3.05) is 4.90 Å². The summed E-state index contributed by atoms with van der Waals surface area (Å²) in [5.41, 5.74) is 3.83. The first-order chi connectivity index (χ1) is 10.1. The number of halogens is 3. The number of amides is 3. The summed E-state index contributed by atoms with van der Waals surface area (Å²) in [5.74, 6) is -3.21. The third kappa shape index (κ3) is 2.44. The van der Waals surface area contributed by atoms with E-state index < -0.39 is 41.3 Å². The van der Waals surface area contributed by atoms with Crippen LogP contribution in [0.4, 0.5) is 23.7 Å². The van der Waals surface area contributed by atoms with Gasteiger partial charge in [0.15, 0.2) is 5.78 Å². The predicted molar refractivity (Wildman–Crippen MR) is 71.1 cm³/mol. The lowest BCUT2D eigenvalue weighted by molar-refractivity contribution is -0.137. The Kier molecular flexibility index (Phi) is 3.72. The van der Waals surface area contributed by atoms with Gasteiger partial charge in [0.25, 0.3) is 0 Å². The maximum absolute atomic E-state index is 12.8. The molecule has 8 heteroatoms. The Balaban J connectivity index is 2.63. The second kappa shape index (κ2) is 5.11. The summed E-state index contributed by atoms with van der Waals surface area (Å²) in [6.07, 6.45) is -4.64. The van der Waals surface area contributed by atoms with Crippen molar-refractivity contribution in [3.8, 4) is 0 Å². The molecule has 0 fully saturated rings. The Morgan fingerprint density at radius 3 is 2.32 bits per heavy atom. The molecule has 0 saturated heterocycles. The Hall–Kier alpha value is -2.38. The van der Waals surface area contributed by atoms with Crippen LogP contribution in [0, 0.1) is 5.92 Å². The average molecular weight is 314 g/mol. The molecule has 0 aliphatic carbocycles. The van der Waals surface area contributed by atoms with E-state index in [4.69, 9.17) is 5.73 Å². The van der Waals surface area contributed by atoms with Crippen molar-refractivity contribution in [2.24, 2.45) is 11.7 Å². The molecule has 1 aromatic rings. The summed E-state index contributed by atoms with van der Waals surface area (Å²) >= 11 is 0. The smallest absolute Gasteiger partial charge is 0.351 e. The fraction of sp³-hybridized carbons (Fsp3) is 0.357. The van der Waals surface area contributed by atoms with E-state index in [0.717, 1.165) is 12.1 Å². The number of anilines is 1. The number of primary amides is 1. The van der Waals surface area contributed by atoms with Crippen LogP contribution in [0.25, 0.3) is 0 Å². The van der Waals surface area contributed by atoms with Gasteiger partial charge in [0.2, 0.25) is 5.91 Å². The number of rotatable bonds is 2. The molecular formula is C14H13F3N2O3. The highest BCUT2D eigenvalue weighted by molar-refractivity contribution is 6.27. The van der Waals surface area contributed by atoms with Gasteiger partial charge < -0.3 is 5.73 Å². The van der Waals surface area contributed by atoms with Crippen molar-refractivity contribution in [1.82, 2.24) is 0 Å². The van der Waals surface area contributed by atoms with Crippen LogP contribution in [0.5, 0.6) is 0 Å². The summed E-state index contributed by atoms with van der Waals surface area (Å²) in [6.45, 7) is 3.12. The highest BCUT2D eigenvalue weighted by Crippen LogP contribution is 2.42. The maximum atomic E-state index is 12.8. The van der Waals surface area contributed by atoms with Crippen molar-refractivity contribution in [3.63, 3.8) is 0 Å². The van der Waals surface area contributed by atoms with Gasteiger partial charge in [-0.05, 0) is 17.7 Å². The summed E-state index contributed by atoms with van der Waals surface area (Å²) < 4.78 is 38.3. The Morgan fingerprint density at radius 1 is 1.27 bits per heavy atom. The number of alkyl halides is 3. The van der Waals surface area contributed by atoms with Gasteiger partial charge in [0.05, 0.1) is 11.3 Å². The van der Waals surface area contributed by atoms with Crippen LogP contribution >= 0.6 is 0 Å². The number of nitrogens with two attached hydrogens (primary N) is 1. The van der Waals surface area contributed by atoms with Gasteiger partial charge in [-0.15, -0.1) is 0 Å². The molecular weight excluding hydrogens is 301 g/mol. The molecule has 1 heterocycles. The quantitative estimate of drug-likeness (QED) is 0.851.